The monoisotopic (exact) mass is 388 g/mol. The van der Waals surface area contributed by atoms with Crippen LogP contribution in [-0.4, -0.2) is 55.6 Å². The SMILES string of the molecule is C#Cc1cnc2ccc(OC(SC)C(=O)NC(C)(COC)COC)cc2c1. The van der Waals surface area contributed by atoms with E-state index < -0.39 is 11.0 Å². The fraction of sp³-hybridized carbons (Fsp3) is 0.400. The van der Waals surface area contributed by atoms with Crippen molar-refractivity contribution in [3.8, 4) is 18.1 Å². The lowest BCUT2D eigenvalue weighted by Crippen LogP contribution is -2.55. The van der Waals surface area contributed by atoms with Gasteiger partial charge in [-0.05, 0) is 37.4 Å². The Labute approximate surface area is 164 Å². The second kappa shape index (κ2) is 9.60. The number of methoxy groups -OCH3 is 2. The van der Waals surface area contributed by atoms with E-state index in [2.05, 4.69) is 16.2 Å². The topological polar surface area (TPSA) is 69.7 Å². The van der Waals surface area contributed by atoms with Crippen molar-refractivity contribution in [2.75, 3.05) is 33.7 Å². The lowest BCUT2D eigenvalue weighted by molar-refractivity contribution is -0.127. The maximum absolute atomic E-state index is 12.7. The summed E-state index contributed by atoms with van der Waals surface area (Å²) in [5.74, 6) is 2.87. The molecule has 1 unspecified atom stereocenters. The van der Waals surface area contributed by atoms with E-state index in [4.69, 9.17) is 20.6 Å². The van der Waals surface area contributed by atoms with Gasteiger partial charge in [0.25, 0.3) is 5.91 Å². The Bertz CT molecular complexity index is 828. The molecular formula is C20H24N2O4S. The Kier molecular flexibility index (Phi) is 7.48. The number of benzene rings is 1. The number of thioether (sulfide) groups is 1. The van der Waals surface area contributed by atoms with Gasteiger partial charge in [0.1, 0.15) is 5.75 Å². The summed E-state index contributed by atoms with van der Waals surface area (Å²) in [7, 11) is 3.16. The molecule has 2 rings (SSSR count). The maximum Gasteiger partial charge on any atom is 0.272 e. The quantitative estimate of drug-likeness (QED) is 0.526. The van der Waals surface area contributed by atoms with Crippen molar-refractivity contribution in [1.82, 2.24) is 10.3 Å². The summed E-state index contributed by atoms with van der Waals surface area (Å²) in [4.78, 5) is 17.0. The summed E-state index contributed by atoms with van der Waals surface area (Å²) >= 11 is 1.30. The van der Waals surface area contributed by atoms with Gasteiger partial charge in [-0.2, -0.15) is 0 Å². The molecule has 0 aliphatic carbocycles. The van der Waals surface area contributed by atoms with E-state index >= 15 is 0 Å². The first-order valence-electron chi connectivity index (χ1n) is 8.30. The van der Waals surface area contributed by atoms with Crippen molar-refractivity contribution < 1.29 is 19.0 Å². The number of aromatic nitrogens is 1. The molecule has 0 aliphatic rings. The van der Waals surface area contributed by atoms with E-state index in [1.54, 1.807) is 26.5 Å². The fourth-order valence-electron chi connectivity index (χ4n) is 2.70. The molecule has 2 aromatic rings. The van der Waals surface area contributed by atoms with E-state index in [9.17, 15) is 4.79 Å². The number of nitrogens with zero attached hydrogens (tertiary/aromatic N) is 1. The molecule has 6 nitrogen and oxygen atoms in total. The first-order chi connectivity index (χ1) is 12.9. The van der Waals surface area contributed by atoms with E-state index in [1.807, 2.05) is 31.4 Å². The summed E-state index contributed by atoms with van der Waals surface area (Å²) in [5, 5.41) is 3.80. The molecule has 0 fully saturated rings. The molecule has 1 amide bonds. The number of hydrogen-bond donors (Lipinski definition) is 1. The molecule has 1 heterocycles. The number of rotatable bonds is 9. The summed E-state index contributed by atoms with van der Waals surface area (Å²) in [6.45, 7) is 2.51. The Morgan fingerprint density at radius 3 is 2.63 bits per heavy atom. The molecule has 1 atom stereocenters. The second-order valence-corrected chi connectivity index (χ2v) is 7.22. The first kappa shape index (κ1) is 21.0. The summed E-state index contributed by atoms with van der Waals surface area (Å²) < 4.78 is 16.3. The minimum atomic E-state index is -0.723. The Morgan fingerprint density at radius 2 is 2.04 bits per heavy atom. The smallest absolute Gasteiger partial charge is 0.272 e. The van der Waals surface area contributed by atoms with Crippen LogP contribution in [0.15, 0.2) is 30.5 Å². The molecule has 1 N–H and O–H groups in total. The van der Waals surface area contributed by atoms with Gasteiger partial charge in [-0.3, -0.25) is 9.78 Å². The zero-order valence-corrected chi connectivity index (χ0v) is 16.8. The molecule has 27 heavy (non-hydrogen) atoms. The maximum atomic E-state index is 12.7. The molecule has 0 bridgehead atoms. The molecule has 0 saturated carbocycles. The van der Waals surface area contributed by atoms with Crippen molar-refractivity contribution in [3.63, 3.8) is 0 Å². The summed E-state index contributed by atoms with van der Waals surface area (Å²) in [5.41, 5.74) is 0.125. The van der Waals surface area contributed by atoms with Gasteiger partial charge in [0.15, 0.2) is 0 Å². The van der Waals surface area contributed by atoms with Crippen molar-refractivity contribution in [1.29, 1.82) is 0 Å². The van der Waals surface area contributed by atoms with Crippen LogP contribution in [0.2, 0.25) is 0 Å². The third-order valence-electron chi connectivity index (χ3n) is 3.84. The molecule has 0 spiro atoms. The van der Waals surface area contributed by atoms with Crippen LogP contribution < -0.4 is 10.1 Å². The van der Waals surface area contributed by atoms with Gasteiger partial charge in [0, 0.05) is 31.4 Å². The first-order valence-corrected chi connectivity index (χ1v) is 9.59. The number of carbonyl (C=O) groups excluding carboxylic acids is 1. The number of carbonyl (C=O) groups is 1. The van der Waals surface area contributed by atoms with Crippen LogP contribution in [0.25, 0.3) is 10.9 Å². The highest BCUT2D eigenvalue weighted by atomic mass is 32.2. The lowest BCUT2D eigenvalue weighted by Gasteiger charge is -2.30. The number of pyridine rings is 1. The molecular weight excluding hydrogens is 364 g/mol. The van der Waals surface area contributed by atoms with Gasteiger partial charge in [0.05, 0.1) is 24.3 Å². The lowest BCUT2D eigenvalue weighted by atomic mass is 10.1. The van der Waals surface area contributed by atoms with Crippen LogP contribution >= 0.6 is 11.8 Å². The molecule has 144 valence electrons. The molecule has 1 aromatic heterocycles. The zero-order valence-electron chi connectivity index (χ0n) is 15.9. The van der Waals surface area contributed by atoms with Crippen molar-refractivity contribution >= 4 is 28.6 Å². The number of amides is 1. The highest BCUT2D eigenvalue weighted by Gasteiger charge is 2.30. The van der Waals surface area contributed by atoms with E-state index in [-0.39, 0.29) is 5.91 Å². The summed E-state index contributed by atoms with van der Waals surface area (Å²) in [6, 6.07) is 7.30. The van der Waals surface area contributed by atoms with Crippen LogP contribution in [0, 0.1) is 12.3 Å². The van der Waals surface area contributed by atoms with E-state index in [1.165, 1.54) is 11.8 Å². The number of hydrogen-bond acceptors (Lipinski definition) is 6. The third-order valence-corrected chi connectivity index (χ3v) is 4.58. The normalized spacial score (nSPS) is 12.4. The van der Waals surface area contributed by atoms with Gasteiger partial charge < -0.3 is 19.5 Å². The highest BCUT2D eigenvalue weighted by Crippen LogP contribution is 2.23. The van der Waals surface area contributed by atoms with Gasteiger partial charge in [0.2, 0.25) is 5.44 Å². The molecule has 1 aromatic carbocycles. The Balaban J connectivity index is 2.16. The summed E-state index contributed by atoms with van der Waals surface area (Å²) in [6.07, 6.45) is 8.89. The van der Waals surface area contributed by atoms with Crippen LogP contribution in [-0.2, 0) is 14.3 Å². The third kappa shape index (κ3) is 5.60. The van der Waals surface area contributed by atoms with Gasteiger partial charge in [-0.15, -0.1) is 18.2 Å². The number of fused-ring (bicyclic) bond motifs is 1. The van der Waals surface area contributed by atoms with Crippen LogP contribution in [0.4, 0.5) is 0 Å². The number of terminal acetylenes is 1. The molecule has 0 saturated heterocycles. The number of nitrogens with one attached hydrogen (secondary N) is 1. The minimum absolute atomic E-state index is 0.255. The van der Waals surface area contributed by atoms with Gasteiger partial charge in [-0.1, -0.05) is 5.92 Å². The molecule has 0 aliphatic heterocycles. The second-order valence-electron chi connectivity index (χ2n) is 6.32. The predicted molar refractivity (Wildman–Crippen MR) is 108 cm³/mol. The van der Waals surface area contributed by atoms with Gasteiger partial charge >= 0.3 is 0 Å². The highest BCUT2D eigenvalue weighted by molar-refractivity contribution is 7.99. The Hall–Kier alpha value is -2.27. The van der Waals surface area contributed by atoms with Crippen LogP contribution in [0.1, 0.15) is 12.5 Å². The average molecular weight is 388 g/mol. The van der Waals surface area contributed by atoms with E-state index in [0.29, 0.717) is 24.5 Å². The molecule has 0 radical (unpaired) electrons. The minimum Gasteiger partial charge on any atom is -0.470 e. The van der Waals surface area contributed by atoms with Gasteiger partial charge in [-0.25, -0.2) is 0 Å². The number of ether oxygens (including phenoxy) is 3. The standard InChI is InChI=1S/C20H24N2O4S/c1-6-14-9-15-10-16(7-8-17(15)21-11-14)26-19(27-5)18(23)22-20(2,12-24-3)13-25-4/h1,7-11,19H,12-13H2,2-5H3,(H,22,23). The largest absolute Gasteiger partial charge is 0.470 e. The molecule has 7 heteroatoms. The van der Waals surface area contributed by atoms with Crippen LogP contribution in [0.5, 0.6) is 5.75 Å². The Morgan fingerprint density at radius 1 is 1.33 bits per heavy atom. The average Bonchev–Trinajstić information content (AvgIpc) is 2.65. The van der Waals surface area contributed by atoms with Crippen molar-refractivity contribution in [3.05, 3.63) is 36.0 Å². The van der Waals surface area contributed by atoms with Crippen LogP contribution in [0.3, 0.4) is 0 Å². The van der Waals surface area contributed by atoms with Crippen molar-refractivity contribution in [2.45, 2.75) is 17.9 Å². The predicted octanol–water partition coefficient (Wildman–Crippen LogP) is 2.45. The van der Waals surface area contributed by atoms with Crippen molar-refractivity contribution in [2.24, 2.45) is 0 Å². The van der Waals surface area contributed by atoms with E-state index in [0.717, 1.165) is 10.9 Å². The zero-order chi connectivity index (χ0) is 19.9. The fourth-order valence-corrected chi connectivity index (χ4v) is 3.18.